The lowest BCUT2D eigenvalue weighted by molar-refractivity contribution is -0.673. The van der Waals surface area contributed by atoms with Crippen LogP contribution >= 0.6 is 0 Å². The third-order valence-corrected chi connectivity index (χ3v) is 9.43. The molecule has 0 radical (unpaired) electrons. The van der Waals surface area contributed by atoms with Gasteiger partial charge in [-0.2, -0.15) is 4.57 Å². The average molecular weight is 602 g/mol. The molecule has 2 aromatic rings. The summed E-state index contributed by atoms with van der Waals surface area (Å²) >= 11 is 0. The molecule has 0 saturated carbocycles. The van der Waals surface area contributed by atoms with E-state index in [4.69, 9.17) is 6.42 Å². The summed E-state index contributed by atoms with van der Waals surface area (Å²) in [5, 5.41) is 0. The Balaban J connectivity index is 1.75. The maximum Gasteiger partial charge on any atom is 0.256 e. The Hall–Kier alpha value is -2.27. The minimum atomic E-state index is 0.909. The second kappa shape index (κ2) is 26.0. The second-order valence-electron chi connectivity index (χ2n) is 13.4. The fourth-order valence-corrected chi connectivity index (χ4v) is 6.41. The van der Waals surface area contributed by atoms with E-state index in [0.29, 0.717) is 0 Å². The first-order chi connectivity index (χ1) is 21.7. The fourth-order valence-electron chi connectivity index (χ4n) is 6.41. The molecule has 0 atom stereocenters. The van der Waals surface area contributed by atoms with Crippen molar-refractivity contribution in [2.45, 2.75) is 168 Å². The molecule has 2 heteroatoms. The predicted molar refractivity (Wildman–Crippen MR) is 195 cm³/mol. The van der Waals surface area contributed by atoms with Crippen molar-refractivity contribution < 1.29 is 4.57 Å². The Morgan fingerprint density at radius 3 is 1.30 bits per heavy atom. The van der Waals surface area contributed by atoms with Gasteiger partial charge in [-0.15, -0.1) is 6.42 Å². The average Bonchev–Trinajstić information content (AvgIpc) is 3.05. The lowest BCUT2D eigenvalue weighted by Gasteiger charge is -2.25. The van der Waals surface area contributed by atoms with Crippen LogP contribution in [0.15, 0.2) is 42.6 Å². The molecule has 0 spiro atoms. The summed E-state index contributed by atoms with van der Waals surface area (Å²) in [6.07, 6.45) is 41.5. The van der Waals surface area contributed by atoms with E-state index in [1.165, 1.54) is 184 Å². The number of rotatable bonds is 28. The predicted octanol–water partition coefficient (Wildman–Crippen LogP) is 12.4. The maximum atomic E-state index is 5.72. The van der Waals surface area contributed by atoms with Crippen LogP contribution in [0.25, 0.3) is 11.1 Å². The summed E-state index contributed by atoms with van der Waals surface area (Å²) in [6.45, 7) is 6.96. The van der Waals surface area contributed by atoms with Gasteiger partial charge in [0.25, 0.3) is 5.69 Å². The van der Waals surface area contributed by atoms with Gasteiger partial charge in [-0.3, -0.25) is 0 Å². The smallest absolute Gasteiger partial charge is 0.256 e. The second-order valence-corrected chi connectivity index (χ2v) is 13.4. The number of aryl methyl sites for hydroxylation is 1. The van der Waals surface area contributed by atoms with Crippen molar-refractivity contribution in [3.8, 4) is 23.5 Å². The molecular formula is C42H69N2+. The van der Waals surface area contributed by atoms with Gasteiger partial charge < -0.3 is 4.90 Å². The van der Waals surface area contributed by atoms with E-state index < -0.39 is 0 Å². The van der Waals surface area contributed by atoms with Crippen LogP contribution in [0.3, 0.4) is 0 Å². The zero-order valence-electron chi connectivity index (χ0n) is 29.4. The molecule has 1 heterocycles. The highest BCUT2D eigenvalue weighted by molar-refractivity contribution is 5.66. The number of unbranched alkanes of at least 4 members (excludes halogenated alkanes) is 22. The van der Waals surface area contributed by atoms with Gasteiger partial charge in [0.15, 0.2) is 6.20 Å². The molecule has 0 fully saturated rings. The number of terminal acetylenes is 1. The van der Waals surface area contributed by atoms with Crippen LogP contribution < -0.4 is 9.47 Å². The molecule has 0 N–H and O–H groups in total. The Morgan fingerprint density at radius 1 is 0.523 bits per heavy atom. The monoisotopic (exact) mass is 602 g/mol. The van der Waals surface area contributed by atoms with Gasteiger partial charge in [0.1, 0.15) is 7.05 Å². The van der Waals surface area contributed by atoms with Gasteiger partial charge in [0.05, 0.1) is 0 Å². The number of aromatic nitrogens is 1. The highest BCUT2D eigenvalue weighted by Crippen LogP contribution is 2.24. The van der Waals surface area contributed by atoms with Crippen molar-refractivity contribution in [2.24, 2.45) is 7.05 Å². The number of pyridine rings is 1. The summed E-state index contributed by atoms with van der Waals surface area (Å²) in [5.41, 5.74) is 4.71. The highest BCUT2D eigenvalue weighted by atomic mass is 15.1. The van der Waals surface area contributed by atoms with E-state index in [1.807, 2.05) is 11.6 Å². The van der Waals surface area contributed by atoms with Gasteiger partial charge in [-0.05, 0) is 42.0 Å². The van der Waals surface area contributed by atoms with E-state index in [9.17, 15) is 0 Å². The normalized spacial score (nSPS) is 11.1. The molecule has 0 aliphatic heterocycles. The zero-order chi connectivity index (χ0) is 31.5. The number of nitrogens with zero attached hydrogens (tertiary/aromatic N) is 2. The molecule has 2 nitrogen and oxygen atoms in total. The van der Waals surface area contributed by atoms with Gasteiger partial charge >= 0.3 is 0 Å². The Kier molecular flexibility index (Phi) is 22.4. The highest BCUT2D eigenvalue weighted by Gasteiger charge is 2.10. The number of benzene rings is 1. The van der Waals surface area contributed by atoms with Gasteiger partial charge in [0, 0.05) is 30.9 Å². The molecule has 0 unspecified atom stereocenters. The summed E-state index contributed by atoms with van der Waals surface area (Å²) in [5.74, 6) is 2.80. The molecule has 1 aromatic heterocycles. The molecule has 2 rings (SSSR count). The van der Waals surface area contributed by atoms with E-state index in [0.717, 1.165) is 5.69 Å². The van der Waals surface area contributed by atoms with Crippen molar-refractivity contribution in [1.29, 1.82) is 0 Å². The fraction of sp³-hybridized carbons (Fsp3) is 0.690. The first-order valence-electron chi connectivity index (χ1n) is 19.0. The molecule has 246 valence electrons. The lowest BCUT2D eigenvalue weighted by Crippen LogP contribution is -2.31. The van der Waals surface area contributed by atoms with Crippen molar-refractivity contribution >= 4 is 5.69 Å². The molecular weight excluding hydrogens is 532 g/mol. The molecule has 0 saturated heterocycles. The first kappa shape index (κ1) is 37.9. The third-order valence-electron chi connectivity index (χ3n) is 9.43. The van der Waals surface area contributed by atoms with E-state index in [1.54, 1.807) is 0 Å². The maximum absolute atomic E-state index is 5.72. The van der Waals surface area contributed by atoms with Crippen LogP contribution in [0, 0.1) is 12.3 Å². The number of hydrogen-bond acceptors (Lipinski definition) is 1. The quantitative estimate of drug-likeness (QED) is 0.0534. The Bertz CT molecular complexity index is 958. The number of hydrogen-bond donors (Lipinski definition) is 0. The molecule has 0 aliphatic rings. The van der Waals surface area contributed by atoms with Crippen LogP contribution in [0.2, 0.25) is 0 Å². The van der Waals surface area contributed by atoms with Gasteiger partial charge in [-0.25, -0.2) is 0 Å². The Morgan fingerprint density at radius 2 is 0.909 bits per heavy atom. The van der Waals surface area contributed by atoms with E-state index >= 15 is 0 Å². The molecule has 0 bridgehead atoms. The van der Waals surface area contributed by atoms with E-state index in [2.05, 4.69) is 67.3 Å². The zero-order valence-corrected chi connectivity index (χ0v) is 29.4. The lowest BCUT2D eigenvalue weighted by atomic mass is 10.0. The number of anilines is 1. The van der Waals surface area contributed by atoms with Crippen molar-refractivity contribution in [2.75, 3.05) is 18.0 Å². The minimum Gasteiger partial charge on any atom is -0.372 e. The van der Waals surface area contributed by atoms with Crippen molar-refractivity contribution in [3.05, 3.63) is 48.3 Å². The van der Waals surface area contributed by atoms with Crippen LogP contribution in [0.4, 0.5) is 5.69 Å². The topological polar surface area (TPSA) is 7.12 Å². The molecule has 44 heavy (non-hydrogen) atoms. The van der Waals surface area contributed by atoms with Crippen LogP contribution in [-0.4, -0.2) is 13.1 Å². The van der Waals surface area contributed by atoms with Crippen LogP contribution in [-0.2, 0) is 7.05 Å². The van der Waals surface area contributed by atoms with Crippen molar-refractivity contribution in [3.63, 3.8) is 0 Å². The minimum absolute atomic E-state index is 0.909. The summed E-state index contributed by atoms with van der Waals surface area (Å²) in [7, 11) is 2.01. The largest absolute Gasteiger partial charge is 0.372 e. The molecule has 1 aromatic carbocycles. The van der Waals surface area contributed by atoms with Gasteiger partial charge in [-0.1, -0.05) is 167 Å². The standard InChI is InChI=1S/C42H69N2/c1-5-8-10-12-14-16-18-20-22-24-26-28-35-44(36-29-27-25-23-21-19-17-15-13-11-9-6-2)42-32-30-39(31-33-42)40-34-37-43(4)41(7-3)38-40/h3,30-34,37-38H,5-6,8-29,35-36H2,1-2,4H3/q+1. The Labute approximate surface area is 274 Å². The SMILES string of the molecule is C#Cc1cc(-c2ccc(N(CCCCCCCCCCCCCC)CCCCCCCCCCCCCC)cc2)cc[n+]1C. The summed E-state index contributed by atoms with van der Waals surface area (Å²) < 4.78 is 2.00. The van der Waals surface area contributed by atoms with Gasteiger partial charge in [0.2, 0.25) is 0 Å². The molecule has 0 amide bonds. The summed E-state index contributed by atoms with van der Waals surface area (Å²) in [4.78, 5) is 2.66. The van der Waals surface area contributed by atoms with E-state index in [-0.39, 0.29) is 0 Å². The summed E-state index contributed by atoms with van der Waals surface area (Å²) in [6, 6.07) is 13.5. The van der Waals surface area contributed by atoms with Crippen molar-refractivity contribution in [1.82, 2.24) is 0 Å². The molecule has 0 aliphatic carbocycles. The first-order valence-corrected chi connectivity index (χ1v) is 19.0. The third kappa shape index (κ3) is 17.3. The van der Waals surface area contributed by atoms with Crippen LogP contribution in [0.5, 0.6) is 0 Å². The van der Waals surface area contributed by atoms with Crippen LogP contribution in [0.1, 0.15) is 174 Å².